The molecule has 2 fully saturated rings. The summed E-state index contributed by atoms with van der Waals surface area (Å²) in [4.78, 5) is 59.6. The van der Waals surface area contributed by atoms with Crippen molar-refractivity contribution < 1.29 is 34.1 Å². The van der Waals surface area contributed by atoms with Crippen molar-refractivity contribution in [3.63, 3.8) is 0 Å². The van der Waals surface area contributed by atoms with E-state index in [0.717, 1.165) is 0 Å². The molecule has 6 aromatic rings. The number of aromatic nitrogens is 6. The number of primary amides is 1. The van der Waals surface area contributed by atoms with Gasteiger partial charge in [-0.15, -0.1) is 0 Å². The topological polar surface area (TPSA) is 259 Å². The van der Waals surface area contributed by atoms with Crippen LogP contribution < -0.4 is 5.73 Å². The molecule has 3 amide bonds. The lowest BCUT2D eigenvalue weighted by Gasteiger charge is -2.13. The van der Waals surface area contributed by atoms with Gasteiger partial charge in [-0.3, -0.25) is 14.4 Å². The second kappa shape index (κ2) is 18.1. The van der Waals surface area contributed by atoms with Crippen molar-refractivity contribution in [3.05, 3.63) is 107 Å². The Balaban J connectivity index is 0.000000230. The monoisotopic (exact) mass is 847 g/mol. The number of fused-ring (bicyclic) bond motifs is 2. The van der Waals surface area contributed by atoms with E-state index in [1.807, 2.05) is 6.07 Å². The first-order chi connectivity index (χ1) is 29.2. The van der Waals surface area contributed by atoms with Crippen LogP contribution in [-0.4, -0.2) is 119 Å². The van der Waals surface area contributed by atoms with Crippen LogP contribution in [0.3, 0.4) is 0 Å². The summed E-state index contributed by atoms with van der Waals surface area (Å²) in [5.74, 6) is 8.63. The highest BCUT2D eigenvalue weighted by atomic mass is 16.5. The minimum Gasteiger partial charge on any atom is -0.464 e. The number of esters is 1. The number of nitrogens with zero attached hydrogens (tertiary/aromatic N) is 10. The third kappa shape index (κ3) is 8.76. The van der Waals surface area contributed by atoms with Crippen LogP contribution in [0.2, 0.25) is 0 Å². The molecule has 0 spiro atoms. The highest BCUT2D eigenvalue weighted by Crippen LogP contribution is 2.26. The number of aliphatic hydroxyl groups is 2. The van der Waals surface area contributed by atoms with Crippen molar-refractivity contribution in [1.82, 2.24) is 39.3 Å². The molecule has 4 aromatic heterocycles. The molecule has 6 heterocycles. The molecule has 0 bridgehead atoms. The molecule has 318 valence electrons. The van der Waals surface area contributed by atoms with E-state index in [1.54, 1.807) is 81.1 Å². The third-order valence-corrected chi connectivity index (χ3v) is 9.93. The van der Waals surface area contributed by atoms with Gasteiger partial charge in [0.05, 0.1) is 52.5 Å². The molecule has 0 saturated carbocycles. The molecule has 18 nitrogen and oxygen atoms in total. The molecule has 8 rings (SSSR count). The number of amides is 3. The van der Waals surface area contributed by atoms with Crippen LogP contribution in [0.1, 0.15) is 70.9 Å². The minimum atomic E-state index is -1.75. The normalized spacial score (nSPS) is 17.4. The van der Waals surface area contributed by atoms with Crippen molar-refractivity contribution in [2.45, 2.75) is 38.9 Å². The van der Waals surface area contributed by atoms with Crippen LogP contribution in [0.25, 0.3) is 33.4 Å². The zero-order valence-electron chi connectivity index (χ0n) is 32.7. The molecular weight excluding hydrogens is 807 g/mol. The van der Waals surface area contributed by atoms with Crippen molar-refractivity contribution >= 4 is 45.8 Å². The molecule has 2 atom stereocenters. The van der Waals surface area contributed by atoms with Gasteiger partial charge >= 0.3 is 5.97 Å². The first-order valence-electron chi connectivity index (χ1n) is 18.4. The number of nitrogens with two attached hydrogens (primary N) is 1. The summed E-state index contributed by atoms with van der Waals surface area (Å²) >= 11 is 0. The third-order valence-electron chi connectivity index (χ3n) is 9.93. The van der Waals surface area contributed by atoms with Crippen LogP contribution in [0.15, 0.2) is 73.1 Å². The number of ether oxygens (including phenoxy) is 1. The summed E-state index contributed by atoms with van der Waals surface area (Å²) in [5, 5.41) is 49.5. The summed E-state index contributed by atoms with van der Waals surface area (Å²) < 4.78 is 7.64. The van der Waals surface area contributed by atoms with Gasteiger partial charge in [-0.1, -0.05) is 38.5 Å². The van der Waals surface area contributed by atoms with Crippen molar-refractivity contribution in [1.29, 1.82) is 10.5 Å². The van der Waals surface area contributed by atoms with Crippen molar-refractivity contribution in [3.8, 4) is 47.2 Å². The Hall–Kier alpha value is -8.42. The number of hydrogen-bond acceptors (Lipinski definition) is 13. The van der Waals surface area contributed by atoms with Gasteiger partial charge in [0.1, 0.15) is 0 Å². The van der Waals surface area contributed by atoms with Gasteiger partial charge < -0.3 is 30.5 Å². The molecule has 0 unspecified atom stereocenters. The highest BCUT2D eigenvalue weighted by Gasteiger charge is 2.43. The number of nitriles is 2. The van der Waals surface area contributed by atoms with Gasteiger partial charge in [-0.05, 0) is 60.7 Å². The fraction of sp³-hybridized carbons (Fsp3) is 0.244. The van der Waals surface area contributed by atoms with E-state index in [4.69, 9.17) is 10.5 Å². The largest absolute Gasteiger partial charge is 0.464 e. The van der Waals surface area contributed by atoms with Crippen LogP contribution in [0.5, 0.6) is 0 Å². The average Bonchev–Trinajstić information content (AvgIpc) is 4.01. The number of carbonyl (C=O) groups excluding carboxylic acids is 4. The maximum absolute atomic E-state index is 12.2. The molecule has 2 saturated heterocycles. The van der Waals surface area contributed by atoms with Gasteiger partial charge in [0.2, 0.25) is 11.2 Å². The van der Waals surface area contributed by atoms with E-state index in [1.165, 1.54) is 32.3 Å². The number of pyridine rings is 2. The van der Waals surface area contributed by atoms with Gasteiger partial charge in [-0.25, -0.2) is 24.1 Å². The van der Waals surface area contributed by atoms with E-state index in [-0.39, 0.29) is 39.1 Å². The highest BCUT2D eigenvalue weighted by molar-refractivity contribution is 6.03. The standard InChI is InChI=1S/C22H17N5O4.C21H16N6O3.2CH4/c1-26-9-7-22(30,21(26)29)6-5-14-10-15(13-23)12-16(11-14)27-19-17(4-3-8-24-19)18(25-27)20(28)31-2;1-26-8-6-21(30,20(26)29)5-4-13-9-14(12-22)11-15(10-13)27-19-16(3-2-7-24-19)17(25-27)18(23)28;;/h3-4,8,10-12,30H,7,9H2,1-2H3;2-3,7,9-11,30H,6,8H2,1H3,(H2,23,28);2*1H4/t22-;21-;;/m00../s1. The van der Waals surface area contributed by atoms with Crippen LogP contribution in [0, 0.1) is 46.3 Å². The Labute approximate surface area is 361 Å². The number of likely N-dealkylation sites (tertiary alicyclic amines) is 2. The zero-order valence-corrected chi connectivity index (χ0v) is 32.7. The Morgan fingerprint density at radius 3 is 1.51 bits per heavy atom. The van der Waals surface area contributed by atoms with E-state index in [9.17, 15) is 39.9 Å². The number of benzene rings is 2. The number of hydrogen-bond donors (Lipinski definition) is 3. The first-order valence-corrected chi connectivity index (χ1v) is 18.4. The summed E-state index contributed by atoms with van der Waals surface area (Å²) in [6, 6.07) is 20.3. The fourth-order valence-corrected chi connectivity index (χ4v) is 6.72. The van der Waals surface area contributed by atoms with Gasteiger partial charge in [0, 0.05) is 63.5 Å². The average molecular weight is 848 g/mol. The second-order valence-electron chi connectivity index (χ2n) is 14.1. The Morgan fingerprint density at radius 2 is 1.13 bits per heavy atom. The number of rotatable bonds is 4. The summed E-state index contributed by atoms with van der Waals surface area (Å²) in [7, 11) is 4.47. The van der Waals surface area contributed by atoms with E-state index >= 15 is 0 Å². The van der Waals surface area contributed by atoms with Crippen molar-refractivity contribution in [2.75, 3.05) is 34.3 Å². The smallest absolute Gasteiger partial charge is 0.359 e. The lowest BCUT2D eigenvalue weighted by molar-refractivity contribution is -0.138. The van der Waals surface area contributed by atoms with Crippen LogP contribution >= 0.6 is 0 Å². The predicted octanol–water partition coefficient (Wildman–Crippen LogP) is 2.63. The molecule has 18 heteroatoms. The Bertz CT molecular complexity index is 3050. The summed E-state index contributed by atoms with van der Waals surface area (Å²) in [5.41, 5.74) is 5.16. The number of methoxy groups -OCH3 is 1. The van der Waals surface area contributed by atoms with Crippen LogP contribution in [0.4, 0.5) is 0 Å². The minimum absolute atomic E-state index is 0. The van der Waals surface area contributed by atoms with Gasteiger partial charge in [-0.2, -0.15) is 20.7 Å². The van der Waals surface area contributed by atoms with Gasteiger partial charge in [0.15, 0.2) is 22.7 Å². The fourth-order valence-electron chi connectivity index (χ4n) is 6.72. The Morgan fingerprint density at radius 1 is 0.714 bits per heavy atom. The molecule has 63 heavy (non-hydrogen) atoms. The maximum Gasteiger partial charge on any atom is 0.359 e. The van der Waals surface area contributed by atoms with Crippen LogP contribution in [-0.2, 0) is 14.3 Å². The molecule has 0 aliphatic carbocycles. The van der Waals surface area contributed by atoms with E-state index < -0.39 is 34.9 Å². The van der Waals surface area contributed by atoms with E-state index in [0.29, 0.717) is 68.8 Å². The number of carbonyl (C=O) groups is 4. The molecule has 0 radical (unpaired) electrons. The summed E-state index contributed by atoms with van der Waals surface area (Å²) in [6.45, 7) is 0.823. The predicted molar refractivity (Wildman–Crippen MR) is 229 cm³/mol. The van der Waals surface area contributed by atoms with E-state index in [2.05, 4.69) is 49.9 Å². The lowest BCUT2D eigenvalue weighted by Crippen LogP contribution is -2.37. The molecule has 4 N–H and O–H groups in total. The number of likely N-dealkylation sites (N-methyl/N-ethyl adjacent to an activating group) is 2. The zero-order chi connectivity index (χ0) is 43.6. The van der Waals surface area contributed by atoms with Crippen molar-refractivity contribution in [2.24, 2.45) is 5.73 Å². The van der Waals surface area contributed by atoms with Gasteiger partial charge in [0.25, 0.3) is 17.7 Å². The second-order valence-corrected chi connectivity index (χ2v) is 14.1. The Kier molecular flexibility index (Phi) is 13.1. The molecular formula is C45H41N11O7. The SMILES string of the molecule is C.C.CN1CC[C@@](O)(C#Cc2cc(C#N)cc(-n3nc(C(N)=O)c4cccnc43)c2)C1=O.COC(=O)c1nn(-c2cc(C#N)cc(C#C[C@]3(O)CCN(C)C3=O)c2)c2ncccc12. The maximum atomic E-state index is 12.2. The lowest BCUT2D eigenvalue weighted by atomic mass is 10.0. The quantitative estimate of drug-likeness (QED) is 0.171. The molecule has 2 aliphatic rings. The molecule has 2 aliphatic heterocycles. The first kappa shape index (κ1) is 45.7. The summed E-state index contributed by atoms with van der Waals surface area (Å²) in [6.07, 6.45) is 3.53. The molecule has 2 aromatic carbocycles.